The lowest BCUT2D eigenvalue weighted by Crippen LogP contribution is -2.51. The zero-order valence-electron chi connectivity index (χ0n) is 12.4. The Hall–Kier alpha value is -1.06. The molecule has 110 valence electrons. The molecule has 1 saturated carbocycles. The third-order valence-corrected chi connectivity index (χ3v) is 4.44. The Morgan fingerprint density at radius 2 is 1.37 bits per heavy atom. The fourth-order valence-corrected chi connectivity index (χ4v) is 4.13. The summed E-state index contributed by atoms with van der Waals surface area (Å²) < 4.78 is 0. The highest BCUT2D eigenvalue weighted by Crippen LogP contribution is 2.59. The molecular formula is C15H26O4. The van der Waals surface area contributed by atoms with Crippen LogP contribution in [0.1, 0.15) is 59.8 Å². The second-order valence-electron chi connectivity index (χ2n) is 6.85. The fraction of sp³-hybridized carbons (Fsp3) is 0.867. The number of carboxylic acid groups (broad SMARTS) is 2. The maximum Gasteiger partial charge on any atom is 0.321 e. The zero-order chi connectivity index (χ0) is 14.8. The number of carboxylic acids is 2. The number of hydrogen-bond donors (Lipinski definition) is 2. The van der Waals surface area contributed by atoms with Crippen molar-refractivity contribution in [3.8, 4) is 0 Å². The number of rotatable bonds is 6. The molecule has 0 saturated heterocycles. The van der Waals surface area contributed by atoms with Gasteiger partial charge in [-0.2, -0.15) is 0 Å². The summed E-state index contributed by atoms with van der Waals surface area (Å²) in [5.74, 6) is -1.71. The molecule has 1 fully saturated rings. The molecule has 4 nitrogen and oxygen atoms in total. The lowest BCUT2D eigenvalue weighted by Gasteiger charge is -2.43. The average molecular weight is 270 g/mol. The molecule has 0 unspecified atom stereocenters. The van der Waals surface area contributed by atoms with Crippen LogP contribution in [-0.2, 0) is 9.59 Å². The van der Waals surface area contributed by atoms with Crippen LogP contribution in [-0.4, -0.2) is 22.2 Å². The van der Waals surface area contributed by atoms with Crippen molar-refractivity contribution >= 4 is 11.9 Å². The molecule has 1 aliphatic carbocycles. The van der Waals surface area contributed by atoms with Gasteiger partial charge in [0.2, 0.25) is 0 Å². The summed E-state index contributed by atoms with van der Waals surface area (Å²) in [6.07, 6.45) is 3.00. The lowest BCUT2D eigenvalue weighted by molar-refractivity contribution is -0.175. The van der Waals surface area contributed by atoms with Crippen molar-refractivity contribution in [2.45, 2.75) is 59.8 Å². The zero-order valence-corrected chi connectivity index (χ0v) is 12.4. The summed E-state index contributed by atoms with van der Waals surface area (Å²) in [5.41, 5.74) is -2.20. The van der Waals surface area contributed by atoms with Gasteiger partial charge in [-0.15, -0.1) is 0 Å². The van der Waals surface area contributed by atoms with Crippen LogP contribution in [0.4, 0.5) is 0 Å². The van der Waals surface area contributed by atoms with E-state index in [1.807, 2.05) is 27.7 Å². The lowest BCUT2D eigenvalue weighted by atomic mass is 9.58. The van der Waals surface area contributed by atoms with Crippen molar-refractivity contribution in [3.63, 3.8) is 0 Å². The van der Waals surface area contributed by atoms with E-state index < -0.39 is 22.8 Å². The monoisotopic (exact) mass is 270 g/mol. The Labute approximate surface area is 115 Å². The summed E-state index contributed by atoms with van der Waals surface area (Å²) in [6, 6.07) is 0. The van der Waals surface area contributed by atoms with E-state index in [4.69, 9.17) is 0 Å². The summed E-state index contributed by atoms with van der Waals surface area (Å²) in [7, 11) is 0. The molecule has 0 aromatic rings. The Morgan fingerprint density at radius 3 is 1.68 bits per heavy atom. The van der Waals surface area contributed by atoms with Crippen molar-refractivity contribution in [3.05, 3.63) is 0 Å². The molecule has 0 atom stereocenters. The molecule has 0 radical (unpaired) electrons. The van der Waals surface area contributed by atoms with E-state index in [1.54, 1.807) is 0 Å². The SMILES string of the molecule is CC(C)CC1(CC(C)C)CCCC1(C(=O)O)C(=O)O. The maximum absolute atomic E-state index is 11.8. The summed E-state index contributed by atoms with van der Waals surface area (Å²) in [5, 5.41) is 19.2. The van der Waals surface area contributed by atoms with Gasteiger partial charge in [0.25, 0.3) is 0 Å². The number of carbonyl (C=O) groups is 2. The third-order valence-electron chi connectivity index (χ3n) is 4.44. The van der Waals surface area contributed by atoms with E-state index in [0.717, 1.165) is 0 Å². The Morgan fingerprint density at radius 1 is 0.947 bits per heavy atom. The van der Waals surface area contributed by atoms with Gasteiger partial charge < -0.3 is 10.2 Å². The second-order valence-corrected chi connectivity index (χ2v) is 6.85. The van der Waals surface area contributed by atoms with Crippen LogP contribution in [0.15, 0.2) is 0 Å². The highest BCUT2D eigenvalue weighted by Gasteiger charge is 2.64. The summed E-state index contributed by atoms with van der Waals surface area (Å²) in [4.78, 5) is 23.5. The summed E-state index contributed by atoms with van der Waals surface area (Å²) >= 11 is 0. The van der Waals surface area contributed by atoms with E-state index >= 15 is 0 Å². The first-order valence-corrected chi connectivity index (χ1v) is 7.15. The Kier molecular flexibility index (Phi) is 4.64. The van der Waals surface area contributed by atoms with Gasteiger partial charge in [-0.3, -0.25) is 9.59 Å². The largest absolute Gasteiger partial charge is 0.480 e. The van der Waals surface area contributed by atoms with E-state index in [2.05, 4.69) is 0 Å². The second kappa shape index (κ2) is 5.51. The summed E-state index contributed by atoms with van der Waals surface area (Å²) in [6.45, 7) is 8.15. The third kappa shape index (κ3) is 2.63. The van der Waals surface area contributed by atoms with Crippen LogP contribution in [0.5, 0.6) is 0 Å². The van der Waals surface area contributed by atoms with Crippen molar-refractivity contribution in [1.82, 2.24) is 0 Å². The van der Waals surface area contributed by atoms with Crippen LogP contribution in [0.25, 0.3) is 0 Å². The predicted molar refractivity (Wildman–Crippen MR) is 72.9 cm³/mol. The molecule has 0 amide bonds. The minimum atomic E-state index is -1.60. The van der Waals surface area contributed by atoms with E-state index in [-0.39, 0.29) is 6.42 Å². The Bertz CT molecular complexity index is 333. The molecule has 2 N–H and O–H groups in total. The van der Waals surface area contributed by atoms with Crippen LogP contribution in [0, 0.1) is 22.7 Å². The van der Waals surface area contributed by atoms with Crippen LogP contribution in [0.2, 0.25) is 0 Å². The molecule has 0 aromatic heterocycles. The Balaban J connectivity index is 3.32. The number of aliphatic carboxylic acids is 2. The smallest absolute Gasteiger partial charge is 0.321 e. The number of hydrogen-bond acceptors (Lipinski definition) is 2. The molecule has 1 rings (SSSR count). The first kappa shape index (κ1) is 16.0. The van der Waals surface area contributed by atoms with Crippen LogP contribution < -0.4 is 0 Å². The van der Waals surface area contributed by atoms with Gasteiger partial charge in [0, 0.05) is 0 Å². The average Bonchev–Trinajstić information content (AvgIpc) is 2.55. The van der Waals surface area contributed by atoms with Crippen molar-refractivity contribution in [2.75, 3.05) is 0 Å². The van der Waals surface area contributed by atoms with Crippen molar-refractivity contribution in [1.29, 1.82) is 0 Å². The highest BCUT2D eigenvalue weighted by molar-refractivity contribution is 5.99. The molecule has 19 heavy (non-hydrogen) atoms. The van der Waals surface area contributed by atoms with Gasteiger partial charge in [-0.05, 0) is 42.9 Å². The quantitative estimate of drug-likeness (QED) is 0.725. The van der Waals surface area contributed by atoms with Crippen molar-refractivity contribution < 1.29 is 19.8 Å². The first-order chi connectivity index (χ1) is 8.68. The topological polar surface area (TPSA) is 74.6 Å². The van der Waals surface area contributed by atoms with Crippen LogP contribution >= 0.6 is 0 Å². The van der Waals surface area contributed by atoms with Gasteiger partial charge in [-0.25, -0.2) is 0 Å². The molecule has 0 spiro atoms. The molecule has 0 aromatic carbocycles. The first-order valence-electron chi connectivity index (χ1n) is 7.15. The van der Waals surface area contributed by atoms with Gasteiger partial charge in [0.05, 0.1) is 0 Å². The van der Waals surface area contributed by atoms with Crippen LogP contribution in [0.3, 0.4) is 0 Å². The standard InChI is InChI=1S/C15H26O4/c1-10(2)8-14(9-11(3)4)6-5-7-15(14,12(16)17)13(18)19/h10-11H,5-9H2,1-4H3,(H,16,17)(H,18,19). The predicted octanol–water partition coefficient (Wildman–Crippen LogP) is 3.40. The van der Waals surface area contributed by atoms with Gasteiger partial charge in [0.15, 0.2) is 5.41 Å². The molecule has 4 heteroatoms. The molecule has 0 bridgehead atoms. The van der Waals surface area contributed by atoms with E-state index in [9.17, 15) is 19.8 Å². The fourth-order valence-electron chi connectivity index (χ4n) is 4.13. The normalized spacial score (nSPS) is 20.9. The molecular weight excluding hydrogens is 244 g/mol. The highest BCUT2D eigenvalue weighted by atomic mass is 16.4. The maximum atomic E-state index is 11.8. The van der Waals surface area contributed by atoms with Gasteiger partial charge in [0.1, 0.15) is 0 Å². The minimum absolute atomic E-state index is 0.261. The molecule has 0 aliphatic heterocycles. The van der Waals surface area contributed by atoms with Gasteiger partial charge >= 0.3 is 11.9 Å². The van der Waals surface area contributed by atoms with Crippen molar-refractivity contribution in [2.24, 2.45) is 22.7 Å². The van der Waals surface area contributed by atoms with Gasteiger partial charge in [-0.1, -0.05) is 34.1 Å². The minimum Gasteiger partial charge on any atom is -0.480 e. The van der Waals surface area contributed by atoms with E-state index in [0.29, 0.717) is 37.5 Å². The van der Waals surface area contributed by atoms with E-state index in [1.165, 1.54) is 0 Å². The molecule has 1 aliphatic rings. The molecule has 0 heterocycles.